The fraction of sp³-hybridized carbons (Fsp3) is 0.909. The molecule has 4 unspecified atom stereocenters. The van der Waals surface area contributed by atoms with Crippen molar-refractivity contribution >= 4 is 5.91 Å². The predicted molar refractivity (Wildman–Crippen MR) is 51.1 cm³/mol. The number of hydroxylamine groups is 1. The molecule has 3 rings (SSSR count). The lowest BCUT2D eigenvalue weighted by atomic mass is 10.0. The van der Waals surface area contributed by atoms with Gasteiger partial charge >= 0.3 is 0 Å². The maximum Gasteiger partial charge on any atom is 0.247 e. The monoisotopic (exact) mass is 195 g/mol. The van der Waals surface area contributed by atoms with Crippen molar-refractivity contribution in [3.05, 3.63) is 0 Å². The van der Waals surface area contributed by atoms with Crippen LogP contribution in [0.5, 0.6) is 0 Å². The van der Waals surface area contributed by atoms with Crippen molar-refractivity contribution in [1.82, 2.24) is 5.48 Å². The molecule has 0 saturated heterocycles. The summed E-state index contributed by atoms with van der Waals surface area (Å²) in [5.41, 5.74) is 2.55. The van der Waals surface area contributed by atoms with E-state index in [1.165, 1.54) is 19.3 Å². The number of hydrogen-bond donors (Lipinski definition) is 1. The second-order valence-electron chi connectivity index (χ2n) is 4.91. The average molecular weight is 195 g/mol. The van der Waals surface area contributed by atoms with Gasteiger partial charge < -0.3 is 0 Å². The van der Waals surface area contributed by atoms with E-state index in [9.17, 15) is 4.79 Å². The van der Waals surface area contributed by atoms with E-state index < -0.39 is 0 Å². The highest BCUT2D eigenvalue weighted by Crippen LogP contribution is 2.69. The van der Waals surface area contributed by atoms with Crippen LogP contribution in [-0.2, 0) is 9.63 Å². The zero-order valence-corrected chi connectivity index (χ0v) is 8.53. The second-order valence-corrected chi connectivity index (χ2v) is 4.91. The first kappa shape index (κ1) is 8.72. The summed E-state index contributed by atoms with van der Waals surface area (Å²) in [6, 6.07) is 0. The minimum atomic E-state index is 0.137. The normalized spacial score (nSPS) is 47.6. The van der Waals surface area contributed by atoms with Gasteiger partial charge in [0.05, 0.1) is 6.61 Å². The molecule has 0 aromatic carbocycles. The van der Waals surface area contributed by atoms with Gasteiger partial charge in [-0.15, -0.1) is 0 Å². The number of amides is 1. The first-order valence-electron chi connectivity index (χ1n) is 5.74. The third-order valence-corrected chi connectivity index (χ3v) is 4.36. The van der Waals surface area contributed by atoms with E-state index in [2.05, 4.69) is 5.48 Å². The molecule has 3 fully saturated rings. The van der Waals surface area contributed by atoms with E-state index in [1.54, 1.807) is 0 Å². The minimum absolute atomic E-state index is 0.137. The van der Waals surface area contributed by atoms with Crippen LogP contribution in [0.15, 0.2) is 0 Å². The third kappa shape index (κ3) is 1.05. The van der Waals surface area contributed by atoms with Crippen molar-refractivity contribution in [3.63, 3.8) is 0 Å². The summed E-state index contributed by atoms with van der Waals surface area (Å²) in [6.07, 6.45) is 4.13. The van der Waals surface area contributed by atoms with E-state index in [4.69, 9.17) is 4.84 Å². The molecule has 1 amide bonds. The quantitative estimate of drug-likeness (QED) is 0.690. The molecular weight excluding hydrogens is 178 g/mol. The molecule has 0 aliphatic heterocycles. The maximum atomic E-state index is 11.7. The maximum absolute atomic E-state index is 11.7. The molecule has 0 heterocycles. The van der Waals surface area contributed by atoms with Crippen LogP contribution in [0.2, 0.25) is 0 Å². The lowest BCUT2D eigenvalue weighted by molar-refractivity contribution is -0.135. The number of rotatable bonds is 3. The Hall–Kier alpha value is -0.570. The SMILES string of the molecule is CCONC(=O)C1C2C3CCC(C3)C12. The van der Waals surface area contributed by atoms with Gasteiger partial charge in [0.25, 0.3) is 0 Å². The van der Waals surface area contributed by atoms with Gasteiger partial charge in [-0.05, 0) is 49.9 Å². The van der Waals surface area contributed by atoms with Crippen LogP contribution in [0, 0.1) is 29.6 Å². The molecule has 0 aromatic rings. The van der Waals surface area contributed by atoms with Crippen LogP contribution in [-0.4, -0.2) is 12.5 Å². The predicted octanol–water partition coefficient (Wildman–Crippen LogP) is 1.35. The van der Waals surface area contributed by atoms with Gasteiger partial charge in [-0.25, -0.2) is 5.48 Å². The van der Waals surface area contributed by atoms with Gasteiger partial charge in [0, 0.05) is 5.92 Å². The Kier molecular flexibility index (Phi) is 1.84. The largest absolute Gasteiger partial charge is 0.274 e. The fourth-order valence-electron chi connectivity index (χ4n) is 3.89. The van der Waals surface area contributed by atoms with Crippen molar-refractivity contribution in [2.75, 3.05) is 6.61 Å². The Morgan fingerprint density at radius 2 is 2.00 bits per heavy atom. The van der Waals surface area contributed by atoms with Crippen molar-refractivity contribution < 1.29 is 9.63 Å². The molecule has 3 heteroatoms. The Balaban J connectivity index is 1.60. The Morgan fingerprint density at radius 1 is 1.36 bits per heavy atom. The highest BCUT2D eigenvalue weighted by atomic mass is 16.6. The van der Waals surface area contributed by atoms with Crippen LogP contribution in [0.25, 0.3) is 0 Å². The van der Waals surface area contributed by atoms with E-state index in [1.807, 2.05) is 6.92 Å². The summed E-state index contributed by atoms with van der Waals surface area (Å²) in [5, 5.41) is 0. The summed E-state index contributed by atoms with van der Waals surface area (Å²) in [4.78, 5) is 16.6. The molecule has 3 aliphatic carbocycles. The van der Waals surface area contributed by atoms with Crippen molar-refractivity contribution in [2.45, 2.75) is 26.2 Å². The lowest BCUT2D eigenvalue weighted by Crippen LogP contribution is -2.27. The molecule has 3 nitrogen and oxygen atoms in total. The summed E-state index contributed by atoms with van der Waals surface area (Å²) >= 11 is 0. The molecule has 0 aromatic heterocycles. The highest BCUT2D eigenvalue weighted by Gasteiger charge is 2.67. The summed E-state index contributed by atoms with van der Waals surface area (Å²) < 4.78 is 0. The third-order valence-electron chi connectivity index (χ3n) is 4.36. The number of hydrogen-bond acceptors (Lipinski definition) is 2. The zero-order chi connectivity index (χ0) is 9.71. The second kappa shape index (κ2) is 2.96. The molecule has 2 bridgehead atoms. The van der Waals surface area contributed by atoms with Crippen molar-refractivity contribution in [2.24, 2.45) is 29.6 Å². The van der Waals surface area contributed by atoms with Crippen LogP contribution >= 0.6 is 0 Å². The summed E-state index contributed by atoms with van der Waals surface area (Å²) in [5.74, 6) is 3.60. The van der Waals surface area contributed by atoms with Crippen LogP contribution in [0.3, 0.4) is 0 Å². The van der Waals surface area contributed by atoms with Gasteiger partial charge in [0.15, 0.2) is 0 Å². The van der Waals surface area contributed by atoms with Crippen molar-refractivity contribution in [3.8, 4) is 0 Å². The van der Waals surface area contributed by atoms with E-state index >= 15 is 0 Å². The molecule has 78 valence electrons. The first-order chi connectivity index (χ1) is 6.83. The number of carbonyl (C=O) groups excluding carboxylic acids is 1. The Morgan fingerprint density at radius 3 is 2.57 bits per heavy atom. The number of nitrogens with one attached hydrogen (secondary N) is 1. The summed E-state index contributed by atoms with van der Waals surface area (Å²) in [6.45, 7) is 2.44. The molecule has 4 atom stereocenters. The molecule has 3 aliphatic rings. The first-order valence-corrected chi connectivity index (χ1v) is 5.74. The molecular formula is C11H17NO2. The van der Waals surface area contributed by atoms with Gasteiger partial charge in [-0.1, -0.05) is 0 Å². The van der Waals surface area contributed by atoms with E-state index in [-0.39, 0.29) is 5.91 Å². The zero-order valence-electron chi connectivity index (χ0n) is 8.53. The number of carbonyl (C=O) groups is 1. The number of fused-ring (bicyclic) bond motifs is 5. The van der Waals surface area contributed by atoms with Gasteiger partial charge in [0.1, 0.15) is 0 Å². The smallest absolute Gasteiger partial charge is 0.247 e. The van der Waals surface area contributed by atoms with Crippen LogP contribution < -0.4 is 5.48 Å². The minimum Gasteiger partial charge on any atom is -0.274 e. The molecule has 1 N–H and O–H groups in total. The van der Waals surface area contributed by atoms with Crippen LogP contribution in [0.1, 0.15) is 26.2 Å². The fourth-order valence-corrected chi connectivity index (χ4v) is 3.89. The lowest BCUT2D eigenvalue weighted by Gasteiger charge is -2.08. The van der Waals surface area contributed by atoms with Gasteiger partial charge in [0.2, 0.25) is 5.91 Å². The average Bonchev–Trinajstić information content (AvgIpc) is 2.64. The highest BCUT2D eigenvalue weighted by molar-refractivity contribution is 5.81. The van der Waals surface area contributed by atoms with E-state index in [0.29, 0.717) is 24.4 Å². The van der Waals surface area contributed by atoms with Crippen LogP contribution in [0.4, 0.5) is 0 Å². The van der Waals surface area contributed by atoms with E-state index in [0.717, 1.165) is 11.8 Å². The van der Waals surface area contributed by atoms with Gasteiger partial charge in [-0.2, -0.15) is 0 Å². The Bertz CT molecular complexity index is 250. The molecule has 0 spiro atoms. The standard InChI is InChI=1S/C11H17NO2/c1-2-14-12-11(13)10-8-6-3-4-7(5-6)9(8)10/h6-10H,2-5H2,1H3,(H,12,13). The molecule has 0 radical (unpaired) electrons. The van der Waals surface area contributed by atoms with Crippen molar-refractivity contribution in [1.29, 1.82) is 0 Å². The van der Waals surface area contributed by atoms with Gasteiger partial charge in [-0.3, -0.25) is 9.63 Å². The summed E-state index contributed by atoms with van der Waals surface area (Å²) in [7, 11) is 0. The topological polar surface area (TPSA) is 38.3 Å². The molecule has 3 saturated carbocycles. The molecule has 14 heavy (non-hydrogen) atoms. The Labute approximate surface area is 84.2 Å².